The van der Waals surface area contributed by atoms with E-state index in [1.165, 1.54) is 37.9 Å². The molecule has 0 spiro atoms. The second-order valence-electron chi connectivity index (χ2n) is 4.80. The van der Waals surface area contributed by atoms with Crippen LogP contribution in [-0.2, 0) is 0 Å². The minimum Gasteiger partial charge on any atom is -0.0610 e. The van der Waals surface area contributed by atoms with Crippen LogP contribution in [0.25, 0.3) is 32.3 Å². The zero-order valence-corrected chi connectivity index (χ0v) is 9.70. The summed E-state index contributed by atoms with van der Waals surface area (Å²) in [5.74, 6) is 0. The summed E-state index contributed by atoms with van der Waals surface area (Å²) in [5, 5.41) is 8.19. The molecule has 4 aromatic carbocycles. The monoisotopic (exact) mass is 216 g/mol. The van der Waals surface area contributed by atoms with Gasteiger partial charge in [0.1, 0.15) is 0 Å². The van der Waals surface area contributed by atoms with Gasteiger partial charge in [-0.15, -0.1) is 0 Å². The standard InChI is InChI=1S/C17H12/c1-11-9-14-7-5-12-3-2-4-13-6-8-15(10-11)17(14)16(12)13/h2-10H,1H3. The normalized spacial score (nSPS) is 11.8. The van der Waals surface area contributed by atoms with E-state index in [2.05, 4.69) is 61.5 Å². The summed E-state index contributed by atoms with van der Waals surface area (Å²) in [6.07, 6.45) is 0. The molecule has 0 heteroatoms. The number of benzene rings is 4. The van der Waals surface area contributed by atoms with Crippen molar-refractivity contribution in [2.45, 2.75) is 6.92 Å². The molecule has 0 radical (unpaired) electrons. The average molecular weight is 216 g/mol. The molecule has 0 aliphatic heterocycles. The van der Waals surface area contributed by atoms with Gasteiger partial charge in [0.25, 0.3) is 0 Å². The Bertz CT molecular complexity index is 776. The van der Waals surface area contributed by atoms with Crippen molar-refractivity contribution in [1.29, 1.82) is 0 Å². The maximum absolute atomic E-state index is 2.27. The zero-order chi connectivity index (χ0) is 11.4. The summed E-state index contributed by atoms with van der Waals surface area (Å²) in [4.78, 5) is 0. The molecule has 0 nitrogen and oxygen atoms in total. The molecule has 0 saturated carbocycles. The van der Waals surface area contributed by atoms with E-state index in [9.17, 15) is 0 Å². The van der Waals surface area contributed by atoms with E-state index in [0.29, 0.717) is 0 Å². The lowest BCUT2D eigenvalue weighted by atomic mass is 9.93. The third-order valence-corrected chi connectivity index (χ3v) is 3.61. The number of rotatable bonds is 0. The van der Waals surface area contributed by atoms with Crippen LogP contribution >= 0.6 is 0 Å². The van der Waals surface area contributed by atoms with Crippen LogP contribution in [0.1, 0.15) is 5.56 Å². The van der Waals surface area contributed by atoms with E-state index < -0.39 is 0 Å². The molecule has 0 atom stereocenters. The molecule has 0 N–H and O–H groups in total. The van der Waals surface area contributed by atoms with Gasteiger partial charge in [-0.05, 0) is 44.8 Å². The second-order valence-corrected chi connectivity index (χ2v) is 4.80. The Balaban J connectivity index is 2.45. The molecule has 4 rings (SSSR count). The smallest absolute Gasteiger partial charge is 0.00266 e. The molecule has 17 heavy (non-hydrogen) atoms. The minimum atomic E-state index is 1.33. The Morgan fingerprint density at radius 2 is 1.06 bits per heavy atom. The lowest BCUT2D eigenvalue weighted by Crippen LogP contribution is -1.84. The quantitative estimate of drug-likeness (QED) is 0.367. The highest BCUT2D eigenvalue weighted by molar-refractivity contribution is 6.23. The summed E-state index contributed by atoms with van der Waals surface area (Å²) in [5.41, 5.74) is 1.33. The minimum absolute atomic E-state index is 1.33. The molecule has 0 aromatic heterocycles. The fourth-order valence-electron chi connectivity index (χ4n) is 2.91. The van der Waals surface area contributed by atoms with Gasteiger partial charge in [0.2, 0.25) is 0 Å². The predicted molar refractivity (Wildman–Crippen MR) is 74.9 cm³/mol. The molecular weight excluding hydrogens is 204 g/mol. The number of hydrogen-bond donors (Lipinski definition) is 0. The van der Waals surface area contributed by atoms with Crippen LogP contribution in [0.3, 0.4) is 0 Å². The van der Waals surface area contributed by atoms with Crippen LogP contribution in [0, 0.1) is 6.92 Å². The molecule has 0 amide bonds. The predicted octanol–water partition coefficient (Wildman–Crippen LogP) is 4.89. The Morgan fingerprint density at radius 1 is 0.588 bits per heavy atom. The highest BCUT2D eigenvalue weighted by atomic mass is 14.1. The lowest BCUT2D eigenvalue weighted by molar-refractivity contribution is 1.52. The maximum atomic E-state index is 2.27. The second kappa shape index (κ2) is 2.98. The van der Waals surface area contributed by atoms with Crippen LogP contribution in [0.2, 0.25) is 0 Å². The van der Waals surface area contributed by atoms with E-state index in [0.717, 1.165) is 0 Å². The highest BCUT2D eigenvalue weighted by Crippen LogP contribution is 2.34. The van der Waals surface area contributed by atoms with Crippen molar-refractivity contribution in [2.75, 3.05) is 0 Å². The summed E-state index contributed by atoms with van der Waals surface area (Å²) in [6.45, 7) is 2.16. The van der Waals surface area contributed by atoms with E-state index >= 15 is 0 Å². The summed E-state index contributed by atoms with van der Waals surface area (Å²) in [6, 6.07) is 20.0. The van der Waals surface area contributed by atoms with Crippen LogP contribution in [0.5, 0.6) is 0 Å². The first-order valence-corrected chi connectivity index (χ1v) is 5.97. The third kappa shape index (κ3) is 1.13. The summed E-state index contributed by atoms with van der Waals surface area (Å²) in [7, 11) is 0. The molecule has 80 valence electrons. The van der Waals surface area contributed by atoms with Gasteiger partial charge in [-0.25, -0.2) is 0 Å². The Labute approximate surface area is 99.8 Å². The molecule has 0 saturated heterocycles. The van der Waals surface area contributed by atoms with Gasteiger partial charge in [0.05, 0.1) is 0 Å². The van der Waals surface area contributed by atoms with Crippen LogP contribution in [0.4, 0.5) is 0 Å². The van der Waals surface area contributed by atoms with E-state index in [1.54, 1.807) is 0 Å². The Morgan fingerprint density at radius 3 is 1.65 bits per heavy atom. The number of aryl methyl sites for hydroxylation is 1. The molecule has 0 aliphatic carbocycles. The van der Waals surface area contributed by atoms with Gasteiger partial charge in [-0.2, -0.15) is 0 Å². The van der Waals surface area contributed by atoms with Gasteiger partial charge >= 0.3 is 0 Å². The van der Waals surface area contributed by atoms with Crippen molar-refractivity contribution in [3.63, 3.8) is 0 Å². The van der Waals surface area contributed by atoms with E-state index in [-0.39, 0.29) is 0 Å². The lowest BCUT2D eigenvalue weighted by Gasteiger charge is -2.11. The highest BCUT2D eigenvalue weighted by Gasteiger charge is 2.07. The van der Waals surface area contributed by atoms with Crippen molar-refractivity contribution < 1.29 is 0 Å². The van der Waals surface area contributed by atoms with E-state index in [1.807, 2.05) is 0 Å². The van der Waals surface area contributed by atoms with Crippen molar-refractivity contribution in [2.24, 2.45) is 0 Å². The first kappa shape index (κ1) is 9.00. The van der Waals surface area contributed by atoms with Gasteiger partial charge in [0.15, 0.2) is 0 Å². The summed E-state index contributed by atoms with van der Waals surface area (Å²) >= 11 is 0. The van der Waals surface area contributed by atoms with E-state index in [4.69, 9.17) is 0 Å². The topological polar surface area (TPSA) is 0 Å². The van der Waals surface area contributed by atoms with Crippen molar-refractivity contribution in [3.05, 3.63) is 60.2 Å². The largest absolute Gasteiger partial charge is 0.0610 e. The summed E-state index contributed by atoms with van der Waals surface area (Å²) < 4.78 is 0. The molecule has 0 fully saturated rings. The SMILES string of the molecule is Cc1cc2ccc3cccc4ccc(c1)c2c34. The van der Waals surface area contributed by atoms with Gasteiger partial charge in [-0.3, -0.25) is 0 Å². The van der Waals surface area contributed by atoms with Crippen molar-refractivity contribution in [3.8, 4) is 0 Å². The first-order chi connectivity index (χ1) is 8.33. The van der Waals surface area contributed by atoms with Gasteiger partial charge in [-0.1, -0.05) is 54.6 Å². The molecule has 4 aromatic rings. The van der Waals surface area contributed by atoms with Crippen molar-refractivity contribution in [1.82, 2.24) is 0 Å². The fourth-order valence-corrected chi connectivity index (χ4v) is 2.91. The van der Waals surface area contributed by atoms with Crippen LogP contribution < -0.4 is 0 Å². The first-order valence-electron chi connectivity index (χ1n) is 5.97. The van der Waals surface area contributed by atoms with Crippen LogP contribution in [-0.4, -0.2) is 0 Å². The third-order valence-electron chi connectivity index (χ3n) is 3.61. The average Bonchev–Trinajstić information content (AvgIpc) is 2.35. The van der Waals surface area contributed by atoms with Gasteiger partial charge in [0, 0.05) is 0 Å². The zero-order valence-electron chi connectivity index (χ0n) is 9.70. The van der Waals surface area contributed by atoms with Crippen molar-refractivity contribution >= 4 is 32.3 Å². The van der Waals surface area contributed by atoms with Gasteiger partial charge < -0.3 is 0 Å². The van der Waals surface area contributed by atoms with Crippen LogP contribution in [0.15, 0.2) is 54.6 Å². The molecular formula is C17H12. The molecule has 0 heterocycles. The fraction of sp³-hybridized carbons (Fsp3) is 0.0588. The molecule has 0 unspecified atom stereocenters. The number of hydrogen-bond acceptors (Lipinski definition) is 0. The molecule has 0 bridgehead atoms. The maximum Gasteiger partial charge on any atom is -0.00266 e. The Kier molecular flexibility index (Phi) is 1.58. The Hall–Kier alpha value is -2.08. The molecule has 0 aliphatic rings.